The molecule has 1 aliphatic carbocycles. The van der Waals surface area contributed by atoms with Crippen LogP contribution in [-0.2, 0) is 4.79 Å². The molecule has 0 bridgehead atoms. The van der Waals surface area contributed by atoms with Crippen LogP contribution in [0.1, 0.15) is 59.3 Å². The third-order valence-corrected chi connectivity index (χ3v) is 4.62. The van der Waals surface area contributed by atoms with Gasteiger partial charge in [-0.15, -0.1) is 0 Å². The topological polar surface area (TPSA) is 53.2 Å². The van der Waals surface area contributed by atoms with E-state index in [0.29, 0.717) is 0 Å². The first-order chi connectivity index (χ1) is 9.52. The Hall–Kier alpha value is -0.610. The molecule has 118 valence electrons. The Bertz CT molecular complexity index is 302. The molecule has 1 saturated carbocycles. The molecular weight excluding hydrogens is 250 g/mol. The van der Waals surface area contributed by atoms with E-state index in [-0.39, 0.29) is 16.9 Å². The zero-order chi connectivity index (χ0) is 15.1. The lowest BCUT2D eigenvalue weighted by Crippen LogP contribution is -2.43. The Morgan fingerprint density at radius 1 is 1.25 bits per heavy atom. The number of carbonyl (C=O) groups is 1. The molecule has 20 heavy (non-hydrogen) atoms. The molecule has 1 aliphatic rings. The van der Waals surface area contributed by atoms with Gasteiger partial charge in [0.1, 0.15) is 0 Å². The zero-order valence-electron chi connectivity index (χ0n) is 13.8. The van der Waals surface area contributed by atoms with Crippen molar-refractivity contribution in [1.29, 1.82) is 0 Å². The van der Waals surface area contributed by atoms with Crippen molar-refractivity contribution in [3.05, 3.63) is 0 Å². The predicted octanol–water partition coefficient (Wildman–Crippen LogP) is 2.05. The molecule has 1 fully saturated rings. The van der Waals surface area contributed by atoms with Crippen molar-refractivity contribution in [1.82, 2.24) is 16.0 Å². The molecule has 0 saturated heterocycles. The van der Waals surface area contributed by atoms with E-state index in [1.165, 1.54) is 12.8 Å². The van der Waals surface area contributed by atoms with Crippen molar-refractivity contribution in [3.63, 3.8) is 0 Å². The lowest BCUT2D eigenvalue weighted by atomic mass is 9.93. The maximum atomic E-state index is 12.1. The number of hydrogen-bond donors (Lipinski definition) is 3. The van der Waals surface area contributed by atoms with Crippen molar-refractivity contribution in [3.8, 4) is 0 Å². The second-order valence-corrected chi connectivity index (χ2v) is 6.51. The van der Waals surface area contributed by atoms with Gasteiger partial charge in [0.05, 0.1) is 5.41 Å². The molecule has 0 spiro atoms. The second kappa shape index (κ2) is 7.99. The lowest BCUT2D eigenvalue weighted by Gasteiger charge is -2.29. The summed E-state index contributed by atoms with van der Waals surface area (Å²) in [5.41, 5.74) is 0.158. The zero-order valence-corrected chi connectivity index (χ0v) is 13.8. The molecule has 1 amide bonds. The minimum Gasteiger partial charge on any atom is -0.356 e. The van der Waals surface area contributed by atoms with E-state index in [9.17, 15) is 4.79 Å². The van der Waals surface area contributed by atoms with Crippen LogP contribution in [-0.4, -0.2) is 38.1 Å². The van der Waals surface area contributed by atoms with Crippen LogP contribution < -0.4 is 16.0 Å². The van der Waals surface area contributed by atoms with Crippen molar-refractivity contribution in [2.45, 2.75) is 64.8 Å². The van der Waals surface area contributed by atoms with Crippen LogP contribution in [0.5, 0.6) is 0 Å². The van der Waals surface area contributed by atoms with Crippen LogP contribution in [0.4, 0.5) is 0 Å². The van der Waals surface area contributed by atoms with Gasteiger partial charge >= 0.3 is 0 Å². The molecule has 4 nitrogen and oxygen atoms in total. The smallest absolute Gasteiger partial charge is 0.227 e. The molecule has 0 aromatic rings. The maximum absolute atomic E-state index is 12.1. The fourth-order valence-corrected chi connectivity index (χ4v) is 2.78. The number of nitrogens with one attached hydrogen (secondary N) is 3. The first-order valence-electron chi connectivity index (χ1n) is 8.20. The minimum absolute atomic E-state index is 0.0949. The summed E-state index contributed by atoms with van der Waals surface area (Å²) in [6, 6.07) is 0. The van der Waals surface area contributed by atoms with Crippen LogP contribution in [0.15, 0.2) is 0 Å². The van der Waals surface area contributed by atoms with Gasteiger partial charge in [0.2, 0.25) is 5.91 Å². The molecule has 0 radical (unpaired) electrons. The van der Waals surface area contributed by atoms with E-state index in [1.807, 2.05) is 7.05 Å². The SMILES string of the molecule is CCCC(C)(CC)NCCCNC(=O)C1(CNC)CC1. The summed E-state index contributed by atoms with van der Waals surface area (Å²) in [5.74, 6) is 0.235. The van der Waals surface area contributed by atoms with E-state index in [2.05, 4.69) is 36.7 Å². The quantitative estimate of drug-likeness (QED) is 0.509. The predicted molar refractivity (Wildman–Crippen MR) is 84.8 cm³/mol. The van der Waals surface area contributed by atoms with Gasteiger partial charge in [-0.05, 0) is 52.6 Å². The van der Waals surface area contributed by atoms with Gasteiger partial charge < -0.3 is 16.0 Å². The average molecular weight is 283 g/mol. The molecule has 1 atom stereocenters. The fraction of sp³-hybridized carbons (Fsp3) is 0.938. The van der Waals surface area contributed by atoms with Crippen LogP contribution >= 0.6 is 0 Å². The van der Waals surface area contributed by atoms with E-state index in [0.717, 1.165) is 45.3 Å². The molecule has 0 aliphatic heterocycles. The van der Waals surface area contributed by atoms with E-state index >= 15 is 0 Å². The van der Waals surface area contributed by atoms with Gasteiger partial charge in [-0.25, -0.2) is 0 Å². The summed E-state index contributed by atoms with van der Waals surface area (Å²) in [7, 11) is 1.91. The highest BCUT2D eigenvalue weighted by molar-refractivity contribution is 5.85. The molecule has 0 aromatic heterocycles. The number of carbonyl (C=O) groups excluding carboxylic acids is 1. The maximum Gasteiger partial charge on any atom is 0.227 e. The Morgan fingerprint density at radius 2 is 1.95 bits per heavy atom. The third-order valence-electron chi connectivity index (χ3n) is 4.62. The van der Waals surface area contributed by atoms with Crippen molar-refractivity contribution in [2.24, 2.45) is 5.41 Å². The summed E-state index contributed by atoms with van der Waals surface area (Å²) in [6.45, 7) is 9.32. The van der Waals surface area contributed by atoms with Crippen LogP contribution in [0, 0.1) is 5.41 Å². The summed E-state index contributed by atoms with van der Waals surface area (Å²) in [4.78, 5) is 12.1. The average Bonchev–Trinajstić information content (AvgIpc) is 3.20. The van der Waals surface area contributed by atoms with Gasteiger partial charge in [-0.3, -0.25) is 4.79 Å². The number of amides is 1. The molecule has 1 unspecified atom stereocenters. The van der Waals surface area contributed by atoms with Crippen molar-refractivity contribution >= 4 is 5.91 Å². The molecule has 3 N–H and O–H groups in total. The summed E-state index contributed by atoms with van der Waals surface area (Å²) < 4.78 is 0. The molecule has 4 heteroatoms. The summed E-state index contributed by atoms with van der Waals surface area (Å²) >= 11 is 0. The first-order valence-corrected chi connectivity index (χ1v) is 8.20. The van der Waals surface area contributed by atoms with E-state index in [4.69, 9.17) is 0 Å². The minimum atomic E-state index is -0.0949. The van der Waals surface area contributed by atoms with E-state index in [1.54, 1.807) is 0 Å². The second-order valence-electron chi connectivity index (χ2n) is 6.51. The van der Waals surface area contributed by atoms with E-state index < -0.39 is 0 Å². The first kappa shape index (κ1) is 17.4. The highest BCUT2D eigenvalue weighted by Crippen LogP contribution is 2.45. The molecule has 1 rings (SSSR count). The number of hydrogen-bond acceptors (Lipinski definition) is 3. The van der Waals surface area contributed by atoms with Crippen molar-refractivity contribution < 1.29 is 4.79 Å². The van der Waals surface area contributed by atoms with Crippen molar-refractivity contribution in [2.75, 3.05) is 26.7 Å². The van der Waals surface area contributed by atoms with Gasteiger partial charge in [0, 0.05) is 18.6 Å². The number of rotatable bonds is 11. The summed E-state index contributed by atoms with van der Waals surface area (Å²) in [6.07, 6.45) is 6.63. The summed E-state index contributed by atoms with van der Waals surface area (Å²) in [5, 5.41) is 9.85. The van der Waals surface area contributed by atoms with Gasteiger partial charge in [-0.2, -0.15) is 0 Å². The Labute approximate surface area is 124 Å². The van der Waals surface area contributed by atoms with Crippen LogP contribution in [0.25, 0.3) is 0 Å². The third kappa shape index (κ3) is 5.06. The monoisotopic (exact) mass is 283 g/mol. The van der Waals surface area contributed by atoms with Gasteiger partial charge in [-0.1, -0.05) is 20.3 Å². The Balaban J connectivity index is 2.14. The highest BCUT2D eigenvalue weighted by Gasteiger charge is 2.48. The normalized spacial score (nSPS) is 19.4. The fourth-order valence-electron chi connectivity index (χ4n) is 2.78. The van der Waals surface area contributed by atoms with Crippen LogP contribution in [0.2, 0.25) is 0 Å². The Kier molecular flexibility index (Phi) is 6.96. The largest absolute Gasteiger partial charge is 0.356 e. The van der Waals surface area contributed by atoms with Crippen LogP contribution in [0.3, 0.4) is 0 Å². The standard InChI is InChI=1S/C16H33N3O/c1-5-8-15(3,6-2)19-12-7-11-18-14(20)16(9-10-16)13-17-4/h17,19H,5-13H2,1-4H3,(H,18,20). The van der Waals surface area contributed by atoms with Gasteiger partial charge in [0.15, 0.2) is 0 Å². The highest BCUT2D eigenvalue weighted by atomic mass is 16.2. The lowest BCUT2D eigenvalue weighted by molar-refractivity contribution is -0.126. The Morgan fingerprint density at radius 3 is 2.45 bits per heavy atom. The van der Waals surface area contributed by atoms with Gasteiger partial charge in [0.25, 0.3) is 0 Å². The molecule has 0 heterocycles. The molecule has 0 aromatic carbocycles. The molecular formula is C16H33N3O.